The highest BCUT2D eigenvalue weighted by Gasteiger charge is 2.11. The zero-order valence-corrected chi connectivity index (χ0v) is 12.2. The molecule has 16 heavy (non-hydrogen) atoms. The molecule has 0 saturated heterocycles. The van der Waals surface area contributed by atoms with Gasteiger partial charge >= 0.3 is 0 Å². The fourth-order valence-corrected chi connectivity index (χ4v) is 2.42. The summed E-state index contributed by atoms with van der Waals surface area (Å²) in [5.41, 5.74) is 0. The molecule has 92 valence electrons. The van der Waals surface area contributed by atoms with E-state index in [1.54, 1.807) is 0 Å². The zero-order valence-electron chi connectivity index (χ0n) is 10.6. The molecule has 2 atom stereocenters. The molecule has 0 aliphatic heterocycles. The van der Waals surface area contributed by atoms with Crippen molar-refractivity contribution in [1.82, 2.24) is 5.32 Å². The van der Waals surface area contributed by atoms with E-state index in [-0.39, 0.29) is 0 Å². The fraction of sp³-hybridized carbons (Fsp3) is 0.692. The third-order valence-corrected chi connectivity index (χ3v) is 2.96. The molecule has 2 nitrogen and oxygen atoms in total. The Hall–Kier alpha value is -0.280. The van der Waals surface area contributed by atoms with Crippen LogP contribution in [0.25, 0.3) is 0 Å². The van der Waals surface area contributed by atoms with E-state index in [0.717, 1.165) is 22.8 Å². The molecule has 0 aliphatic carbocycles. The van der Waals surface area contributed by atoms with Gasteiger partial charge in [0.2, 0.25) is 0 Å². The molecule has 0 fully saturated rings. The third kappa shape index (κ3) is 5.17. The van der Waals surface area contributed by atoms with Gasteiger partial charge in [-0.05, 0) is 54.2 Å². The van der Waals surface area contributed by atoms with Crippen molar-refractivity contribution < 1.29 is 4.42 Å². The minimum atomic E-state index is 0.451. The molecule has 1 heterocycles. The molecule has 0 bridgehead atoms. The first-order valence-corrected chi connectivity index (χ1v) is 6.77. The van der Waals surface area contributed by atoms with Crippen molar-refractivity contribution >= 4 is 15.9 Å². The van der Waals surface area contributed by atoms with E-state index in [2.05, 4.69) is 48.9 Å². The number of hydrogen-bond acceptors (Lipinski definition) is 2. The van der Waals surface area contributed by atoms with E-state index in [0.29, 0.717) is 12.1 Å². The van der Waals surface area contributed by atoms with Crippen molar-refractivity contribution in [3.05, 3.63) is 22.6 Å². The van der Waals surface area contributed by atoms with Crippen LogP contribution >= 0.6 is 15.9 Å². The van der Waals surface area contributed by atoms with Crippen LogP contribution in [0.4, 0.5) is 0 Å². The van der Waals surface area contributed by atoms with E-state index < -0.39 is 0 Å². The molecule has 1 N–H and O–H groups in total. The number of hydrogen-bond donors (Lipinski definition) is 1. The highest BCUT2D eigenvalue weighted by Crippen LogP contribution is 2.15. The predicted octanol–water partition coefficient (Wildman–Crippen LogP) is 4.00. The van der Waals surface area contributed by atoms with Gasteiger partial charge in [-0.15, -0.1) is 0 Å². The molecular formula is C13H22BrNO. The Bertz CT molecular complexity index is 309. The molecule has 0 spiro atoms. The smallest absolute Gasteiger partial charge is 0.169 e. The van der Waals surface area contributed by atoms with Crippen LogP contribution in [0.1, 0.15) is 39.9 Å². The van der Waals surface area contributed by atoms with Gasteiger partial charge in [-0.25, -0.2) is 0 Å². The van der Waals surface area contributed by atoms with Crippen LogP contribution in [0, 0.1) is 5.92 Å². The second kappa shape index (κ2) is 6.45. The summed E-state index contributed by atoms with van der Waals surface area (Å²) in [6.07, 6.45) is 2.15. The summed E-state index contributed by atoms with van der Waals surface area (Å²) < 4.78 is 6.30. The van der Waals surface area contributed by atoms with Gasteiger partial charge in [0.05, 0.1) is 0 Å². The van der Waals surface area contributed by atoms with E-state index in [1.165, 1.54) is 6.42 Å². The lowest BCUT2D eigenvalue weighted by molar-refractivity contribution is 0.380. The van der Waals surface area contributed by atoms with Gasteiger partial charge in [0, 0.05) is 18.5 Å². The summed E-state index contributed by atoms with van der Waals surface area (Å²) in [6, 6.07) is 4.98. The number of nitrogens with one attached hydrogen (secondary N) is 1. The van der Waals surface area contributed by atoms with Crippen molar-refractivity contribution in [1.29, 1.82) is 0 Å². The van der Waals surface area contributed by atoms with E-state index in [1.807, 2.05) is 12.1 Å². The van der Waals surface area contributed by atoms with Gasteiger partial charge in [-0.1, -0.05) is 13.8 Å². The molecule has 0 aliphatic rings. The van der Waals surface area contributed by atoms with E-state index >= 15 is 0 Å². The lowest BCUT2D eigenvalue weighted by Crippen LogP contribution is -2.36. The number of halogens is 1. The van der Waals surface area contributed by atoms with Crippen LogP contribution in [0.3, 0.4) is 0 Å². The summed E-state index contributed by atoms with van der Waals surface area (Å²) in [6.45, 7) is 8.96. The number of rotatable bonds is 6. The van der Waals surface area contributed by atoms with Crippen LogP contribution < -0.4 is 5.32 Å². The SMILES string of the molecule is CC(C)CC(C)NC(C)Cc1ccc(Br)o1. The second-order valence-electron chi connectivity index (χ2n) is 5.01. The summed E-state index contributed by atoms with van der Waals surface area (Å²) in [5.74, 6) is 1.77. The van der Waals surface area contributed by atoms with Crippen molar-refractivity contribution in [2.24, 2.45) is 5.92 Å². The summed E-state index contributed by atoms with van der Waals surface area (Å²) >= 11 is 3.32. The molecule has 2 unspecified atom stereocenters. The van der Waals surface area contributed by atoms with Crippen LogP contribution in [0.15, 0.2) is 21.2 Å². The Kier molecular flexibility index (Phi) is 5.56. The van der Waals surface area contributed by atoms with Gasteiger partial charge in [0.1, 0.15) is 5.76 Å². The molecule has 0 aromatic carbocycles. The average Bonchev–Trinajstić information content (AvgIpc) is 2.48. The number of furan rings is 1. The van der Waals surface area contributed by atoms with Crippen LogP contribution in [0.2, 0.25) is 0 Å². The molecule has 1 aromatic rings. The van der Waals surface area contributed by atoms with Crippen molar-refractivity contribution in [3.8, 4) is 0 Å². The first kappa shape index (κ1) is 13.8. The lowest BCUT2D eigenvalue weighted by Gasteiger charge is -2.20. The largest absolute Gasteiger partial charge is 0.454 e. The van der Waals surface area contributed by atoms with E-state index in [4.69, 9.17) is 4.42 Å². The Morgan fingerprint density at radius 1 is 1.19 bits per heavy atom. The maximum atomic E-state index is 5.49. The first-order valence-electron chi connectivity index (χ1n) is 5.97. The summed E-state index contributed by atoms with van der Waals surface area (Å²) in [5, 5.41) is 3.59. The van der Waals surface area contributed by atoms with Crippen molar-refractivity contribution in [2.75, 3.05) is 0 Å². The minimum absolute atomic E-state index is 0.451. The lowest BCUT2D eigenvalue weighted by atomic mass is 10.0. The normalized spacial score (nSPS) is 15.4. The summed E-state index contributed by atoms with van der Waals surface area (Å²) in [4.78, 5) is 0. The van der Waals surface area contributed by atoms with Crippen molar-refractivity contribution in [2.45, 2.75) is 52.6 Å². The van der Waals surface area contributed by atoms with Gasteiger partial charge in [0.25, 0.3) is 0 Å². The Labute approximate surface area is 107 Å². The molecule has 0 radical (unpaired) electrons. The Morgan fingerprint density at radius 2 is 1.88 bits per heavy atom. The molecular weight excluding hydrogens is 266 g/mol. The maximum absolute atomic E-state index is 5.49. The predicted molar refractivity (Wildman–Crippen MR) is 71.6 cm³/mol. The maximum Gasteiger partial charge on any atom is 0.169 e. The Morgan fingerprint density at radius 3 is 2.38 bits per heavy atom. The zero-order chi connectivity index (χ0) is 12.1. The quantitative estimate of drug-likeness (QED) is 0.856. The topological polar surface area (TPSA) is 25.2 Å². The molecule has 1 aromatic heterocycles. The minimum Gasteiger partial charge on any atom is -0.454 e. The second-order valence-corrected chi connectivity index (χ2v) is 5.79. The first-order chi connectivity index (χ1) is 7.47. The van der Waals surface area contributed by atoms with Gasteiger partial charge in [-0.3, -0.25) is 0 Å². The van der Waals surface area contributed by atoms with E-state index in [9.17, 15) is 0 Å². The van der Waals surface area contributed by atoms with Gasteiger partial charge < -0.3 is 9.73 Å². The van der Waals surface area contributed by atoms with Crippen LogP contribution in [-0.2, 0) is 6.42 Å². The highest BCUT2D eigenvalue weighted by molar-refractivity contribution is 9.10. The fourth-order valence-electron chi connectivity index (χ4n) is 2.08. The van der Waals surface area contributed by atoms with Gasteiger partial charge in [0.15, 0.2) is 4.67 Å². The highest BCUT2D eigenvalue weighted by atomic mass is 79.9. The molecule has 3 heteroatoms. The molecule has 1 rings (SSSR count). The third-order valence-electron chi connectivity index (χ3n) is 2.53. The van der Waals surface area contributed by atoms with Crippen molar-refractivity contribution in [3.63, 3.8) is 0 Å². The van der Waals surface area contributed by atoms with Crippen LogP contribution in [0.5, 0.6) is 0 Å². The molecule has 0 amide bonds. The standard InChI is InChI=1S/C13H22BrNO/c1-9(2)7-10(3)15-11(4)8-12-5-6-13(14)16-12/h5-6,9-11,15H,7-8H2,1-4H3. The monoisotopic (exact) mass is 287 g/mol. The Balaban J connectivity index is 2.32. The molecule has 0 saturated carbocycles. The van der Waals surface area contributed by atoms with Crippen LogP contribution in [-0.4, -0.2) is 12.1 Å². The van der Waals surface area contributed by atoms with Gasteiger partial charge in [-0.2, -0.15) is 0 Å². The summed E-state index contributed by atoms with van der Waals surface area (Å²) in [7, 11) is 0. The average molecular weight is 288 g/mol.